The highest BCUT2D eigenvalue weighted by molar-refractivity contribution is 4.72. The van der Waals surface area contributed by atoms with Gasteiger partial charge in [0.15, 0.2) is 0 Å². The third kappa shape index (κ3) is 5.50. The Balaban J connectivity index is 1.88. The van der Waals surface area contributed by atoms with Crippen LogP contribution in [0.25, 0.3) is 0 Å². The summed E-state index contributed by atoms with van der Waals surface area (Å²) >= 11 is 0. The van der Waals surface area contributed by atoms with Gasteiger partial charge in [0.1, 0.15) is 0 Å². The fourth-order valence-corrected chi connectivity index (χ4v) is 1.88. The van der Waals surface area contributed by atoms with Crippen LogP contribution in [0.2, 0.25) is 0 Å². The first-order chi connectivity index (χ1) is 7.36. The van der Waals surface area contributed by atoms with Gasteiger partial charge in [0.25, 0.3) is 0 Å². The SMILES string of the molecule is CCCCCCOC[C@@H]1CC[C@@H](CO)O1. The molecule has 3 nitrogen and oxygen atoms in total. The molecule has 15 heavy (non-hydrogen) atoms. The van der Waals surface area contributed by atoms with Crippen molar-refractivity contribution in [3.63, 3.8) is 0 Å². The van der Waals surface area contributed by atoms with Crippen LogP contribution in [-0.4, -0.2) is 37.1 Å². The van der Waals surface area contributed by atoms with Crippen LogP contribution < -0.4 is 0 Å². The lowest BCUT2D eigenvalue weighted by Gasteiger charge is -2.12. The van der Waals surface area contributed by atoms with Gasteiger partial charge in [-0.25, -0.2) is 0 Å². The molecule has 1 rings (SSSR count). The van der Waals surface area contributed by atoms with Crippen LogP contribution in [0.4, 0.5) is 0 Å². The van der Waals surface area contributed by atoms with E-state index < -0.39 is 0 Å². The first kappa shape index (κ1) is 12.9. The van der Waals surface area contributed by atoms with Crippen LogP contribution in [0.1, 0.15) is 45.4 Å². The molecule has 1 aliphatic heterocycles. The maximum atomic E-state index is 8.89. The molecule has 0 aromatic rings. The Morgan fingerprint density at radius 2 is 2.00 bits per heavy atom. The van der Waals surface area contributed by atoms with E-state index in [1.165, 1.54) is 19.3 Å². The number of rotatable bonds is 8. The molecule has 90 valence electrons. The van der Waals surface area contributed by atoms with Gasteiger partial charge < -0.3 is 14.6 Å². The van der Waals surface area contributed by atoms with E-state index in [1.807, 2.05) is 0 Å². The molecule has 1 heterocycles. The minimum absolute atomic E-state index is 0.0543. The molecule has 0 aliphatic carbocycles. The van der Waals surface area contributed by atoms with Crippen molar-refractivity contribution in [1.82, 2.24) is 0 Å². The summed E-state index contributed by atoms with van der Waals surface area (Å²) in [6, 6.07) is 0. The van der Waals surface area contributed by atoms with Gasteiger partial charge in [-0.15, -0.1) is 0 Å². The molecule has 0 unspecified atom stereocenters. The fourth-order valence-electron chi connectivity index (χ4n) is 1.88. The van der Waals surface area contributed by atoms with E-state index in [1.54, 1.807) is 0 Å². The summed E-state index contributed by atoms with van der Waals surface area (Å²) in [5, 5.41) is 8.89. The molecule has 1 aliphatic rings. The maximum Gasteiger partial charge on any atom is 0.0814 e. The summed E-state index contributed by atoms with van der Waals surface area (Å²) in [6.07, 6.45) is 7.26. The minimum atomic E-state index is 0.0543. The van der Waals surface area contributed by atoms with Crippen LogP contribution >= 0.6 is 0 Å². The zero-order valence-corrected chi connectivity index (χ0v) is 9.78. The normalized spacial score (nSPS) is 26.0. The maximum absolute atomic E-state index is 8.89. The lowest BCUT2D eigenvalue weighted by molar-refractivity contribution is -0.0318. The molecule has 0 aromatic heterocycles. The molecule has 3 heteroatoms. The van der Waals surface area contributed by atoms with Crippen molar-refractivity contribution in [3.8, 4) is 0 Å². The molecule has 0 saturated carbocycles. The van der Waals surface area contributed by atoms with E-state index in [0.29, 0.717) is 6.61 Å². The summed E-state index contributed by atoms with van der Waals surface area (Å²) in [6.45, 7) is 3.90. The molecule has 0 spiro atoms. The van der Waals surface area contributed by atoms with Crippen molar-refractivity contribution in [3.05, 3.63) is 0 Å². The van der Waals surface area contributed by atoms with Crippen molar-refractivity contribution in [2.45, 2.75) is 57.7 Å². The molecule has 0 radical (unpaired) electrons. The zero-order chi connectivity index (χ0) is 10.9. The zero-order valence-electron chi connectivity index (χ0n) is 9.78. The second kappa shape index (κ2) is 8.08. The Morgan fingerprint density at radius 1 is 1.20 bits per heavy atom. The first-order valence-corrected chi connectivity index (χ1v) is 6.21. The third-order valence-electron chi connectivity index (χ3n) is 2.85. The summed E-state index contributed by atoms with van der Waals surface area (Å²) in [7, 11) is 0. The molecule has 0 aromatic carbocycles. The van der Waals surface area contributed by atoms with Crippen LogP contribution in [0.15, 0.2) is 0 Å². The Hall–Kier alpha value is -0.120. The topological polar surface area (TPSA) is 38.7 Å². The van der Waals surface area contributed by atoms with Gasteiger partial charge in [-0.05, 0) is 19.3 Å². The highest BCUT2D eigenvalue weighted by Gasteiger charge is 2.24. The second-order valence-corrected chi connectivity index (χ2v) is 4.28. The average molecular weight is 216 g/mol. The van der Waals surface area contributed by atoms with Crippen molar-refractivity contribution >= 4 is 0 Å². The molecule has 0 bridgehead atoms. The smallest absolute Gasteiger partial charge is 0.0814 e. The molecule has 1 N–H and O–H groups in total. The predicted octanol–water partition coefficient (Wildman–Crippen LogP) is 2.12. The standard InChI is InChI=1S/C12H24O3/c1-2-3-4-5-8-14-10-12-7-6-11(9-13)15-12/h11-13H,2-10H2,1H3/t11-,12-/m0/s1. The Bertz CT molecular complexity index is 150. The first-order valence-electron chi connectivity index (χ1n) is 6.21. The van der Waals surface area contributed by atoms with E-state index in [4.69, 9.17) is 14.6 Å². The van der Waals surface area contributed by atoms with E-state index in [9.17, 15) is 0 Å². The van der Waals surface area contributed by atoms with Gasteiger partial charge in [-0.2, -0.15) is 0 Å². The van der Waals surface area contributed by atoms with Gasteiger partial charge in [-0.1, -0.05) is 26.2 Å². The van der Waals surface area contributed by atoms with Crippen LogP contribution in [0.5, 0.6) is 0 Å². The lowest BCUT2D eigenvalue weighted by Crippen LogP contribution is -2.19. The van der Waals surface area contributed by atoms with Crippen LogP contribution in [0, 0.1) is 0 Å². The van der Waals surface area contributed by atoms with Gasteiger partial charge in [0.05, 0.1) is 25.4 Å². The summed E-state index contributed by atoms with van der Waals surface area (Å²) in [4.78, 5) is 0. The number of aliphatic hydroxyl groups excluding tert-OH is 1. The summed E-state index contributed by atoms with van der Waals surface area (Å²) in [5.74, 6) is 0. The van der Waals surface area contributed by atoms with Gasteiger partial charge in [-0.3, -0.25) is 0 Å². The molecule has 2 atom stereocenters. The van der Waals surface area contributed by atoms with E-state index in [-0.39, 0.29) is 18.8 Å². The quantitative estimate of drug-likeness (QED) is 0.632. The molecular formula is C12H24O3. The fraction of sp³-hybridized carbons (Fsp3) is 1.00. The number of unbranched alkanes of at least 4 members (excludes halogenated alkanes) is 3. The Kier molecular flexibility index (Phi) is 6.98. The molecular weight excluding hydrogens is 192 g/mol. The highest BCUT2D eigenvalue weighted by atomic mass is 16.5. The van der Waals surface area contributed by atoms with E-state index in [2.05, 4.69) is 6.92 Å². The highest BCUT2D eigenvalue weighted by Crippen LogP contribution is 2.19. The predicted molar refractivity (Wildman–Crippen MR) is 59.9 cm³/mol. The third-order valence-corrected chi connectivity index (χ3v) is 2.85. The Labute approximate surface area is 92.8 Å². The van der Waals surface area contributed by atoms with E-state index >= 15 is 0 Å². The monoisotopic (exact) mass is 216 g/mol. The molecule has 1 fully saturated rings. The Morgan fingerprint density at radius 3 is 2.67 bits per heavy atom. The van der Waals surface area contributed by atoms with Crippen molar-refractivity contribution in [2.75, 3.05) is 19.8 Å². The van der Waals surface area contributed by atoms with Crippen LogP contribution in [0.3, 0.4) is 0 Å². The number of aliphatic hydroxyl groups is 1. The van der Waals surface area contributed by atoms with Crippen molar-refractivity contribution < 1.29 is 14.6 Å². The number of hydrogen-bond donors (Lipinski definition) is 1. The van der Waals surface area contributed by atoms with Crippen LogP contribution in [-0.2, 0) is 9.47 Å². The van der Waals surface area contributed by atoms with Crippen molar-refractivity contribution in [1.29, 1.82) is 0 Å². The molecule has 1 saturated heterocycles. The van der Waals surface area contributed by atoms with Gasteiger partial charge in [0.2, 0.25) is 0 Å². The average Bonchev–Trinajstić information content (AvgIpc) is 2.71. The second-order valence-electron chi connectivity index (χ2n) is 4.28. The summed E-state index contributed by atoms with van der Waals surface area (Å²) < 4.78 is 11.1. The van der Waals surface area contributed by atoms with Gasteiger partial charge in [0, 0.05) is 6.61 Å². The number of ether oxygens (including phenoxy) is 2. The minimum Gasteiger partial charge on any atom is -0.394 e. The van der Waals surface area contributed by atoms with Crippen molar-refractivity contribution in [2.24, 2.45) is 0 Å². The number of hydrogen-bond acceptors (Lipinski definition) is 3. The van der Waals surface area contributed by atoms with Gasteiger partial charge >= 0.3 is 0 Å². The molecule has 0 amide bonds. The van der Waals surface area contributed by atoms with E-state index in [0.717, 1.165) is 25.9 Å². The lowest BCUT2D eigenvalue weighted by atomic mass is 10.2. The largest absolute Gasteiger partial charge is 0.394 e. The summed E-state index contributed by atoms with van der Waals surface area (Å²) in [5.41, 5.74) is 0.